The van der Waals surface area contributed by atoms with Crippen LogP contribution in [-0.2, 0) is 60.6 Å². The highest BCUT2D eigenvalue weighted by atomic mass is 19.1. The summed E-state index contributed by atoms with van der Waals surface area (Å²) in [6, 6.07) is 2.70. The van der Waals surface area contributed by atoms with Gasteiger partial charge in [-0.05, 0) is 12.1 Å². The summed E-state index contributed by atoms with van der Waals surface area (Å²) >= 11 is 0. The Morgan fingerprint density at radius 1 is 0.711 bits per heavy atom. The van der Waals surface area contributed by atoms with E-state index in [-0.39, 0.29) is 25.4 Å². The lowest BCUT2D eigenvalue weighted by atomic mass is 10.3. The fourth-order valence-corrected chi connectivity index (χ4v) is 3.29. The first-order valence-corrected chi connectivity index (χ1v) is 14.7. The van der Waals surface area contributed by atoms with Gasteiger partial charge in [-0.3, -0.25) is 4.79 Å². The number of rotatable bonds is 30. The van der Waals surface area contributed by atoms with Gasteiger partial charge >= 0.3 is 5.97 Å². The lowest BCUT2D eigenvalue weighted by molar-refractivity contribution is -0.135. The van der Waals surface area contributed by atoms with Crippen LogP contribution < -0.4 is 4.74 Å². The van der Waals surface area contributed by atoms with Gasteiger partial charge in [-0.15, -0.1) is 5.10 Å². The fourth-order valence-electron chi connectivity index (χ4n) is 3.29. The normalized spacial score (nSPS) is 11.2. The number of hydrogen-bond donors (Lipinski definition) is 0. The van der Waals surface area contributed by atoms with Crippen LogP contribution in [0, 0.1) is 11.6 Å². The van der Waals surface area contributed by atoms with Gasteiger partial charge in [-0.2, -0.15) is 0 Å². The average Bonchev–Trinajstić information content (AvgIpc) is 3.48. The molecule has 1 aromatic heterocycles. The summed E-state index contributed by atoms with van der Waals surface area (Å²) in [5.74, 6) is -2.71. The highest BCUT2D eigenvalue weighted by Gasteiger charge is 2.10. The Bertz CT molecular complexity index is 1050. The zero-order valence-corrected chi connectivity index (χ0v) is 25.4. The van der Waals surface area contributed by atoms with Crippen LogP contribution in [0.15, 0.2) is 24.4 Å². The first-order chi connectivity index (χ1) is 22.1. The maximum atomic E-state index is 13.5. The second-order valence-corrected chi connectivity index (χ2v) is 9.07. The molecule has 2 aromatic rings. The molecule has 0 bridgehead atoms. The van der Waals surface area contributed by atoms with E-state index in [1.165, 1.54) is 0 Å². The Kier molecular flexibility index (Phi) is 22.3. The van der Waals surface area contributed by atoms with Gasteiger partial charge in [0, 0.05) is 12.5 Å². The Balaban J connectivity index is 1.30. The summed E-state index contributed by atoms with van der Waals surface area (Å²) < 4.78 is 76.0. The third kappa shape index (κ3) is 20.6. The molecule has 14 nitrogen and oxygen atoms in total. The SMILES string of the molecule is O=CCCOCCOCCOCCOCc1cn(CCOCCOCCOCCOCCC(=O)Oc2ccc(F)cc2F)nn1. The monoisotopic (exact) mass is 647 g/mol. The quantitative estimate of drug-likeness (QED) is 0.0526. The van der Waals surface area contributed by atoms with Crippen molar-refractivity contribution in [3.05, 3.63) is 41.7 Å². The Morgan fingerprint density at radius 3 is 1.82 bits per heavy atom. The summed E-state index contributed by atoms with van der Waals surface area (Å²) in [5.41, 5.74) is 0.711. The third-order valence-corrected chi connectivity index (χ3v) is 5.48. The molecule has 0 unspecified atom stereocenters. The van der Waals surface area contributed by atoms with E-state index in [1.54, 1.807) is 10.9 Å². The number of benzene rings is 1. The predicted octanol–water partition coefficient (Wildman–Crippen LogP) is 1.77. The third-order valence-electron chi connectivity index (χ3n) is 5.48. The molecule has 2 rings (SSSR count). The second kappa shape index (κ2) is 26.3. The standard InChI is InChI=1S/C29H43F2N3O11/c30-25-2-3-28(27(31)22-25)45-29(36)4-8-38-11-14-41-16-17-42-15-12-39-9-5-34-23-26(32-33-34)24-44-21-20-43-19-18-40-13-10-37-7-1-6-35/h2-3,6,22-23H,1,4-5,7-21,24H2. The molecule has 0 fully saturated rings. The summed E-state index contributed by atoms with van der Waals surface area (Å²) in [6.45, 7) is 6.71. The highest BCUT2D eigenvalue weighted by Crippen LogP contribution is 2.18. The number of aromatic nitrogens is 3. The highest BCUT2D eigenvalue weighted by molar-refractivity contribution is 5.72. The van der Waals surface area contributed by atoms with E-state index in [2.05, 4.69) is 10.3 Å². The van der Waals surface area contributed by atoms with E-state index >= 15 is 0 Å². The first kappa shape index (κ1) is 38.2. The first-order valence-electron chi connectivity index (χ1n) is 14.7. The molecule has 0 aliphatic rings. The number of hydrogen-bond acceptors (Lipinski definition) is 13. The van der Waals surface area contributed by atoms with Gasteiger partial charge in [0.15, 0.2) is 11.6 Å². The minimum Gasteiger partial charge on any atom is -0.423 e. The molecule has 0 N–H and O–H groups in total. The number of esters is 1. The van der Waals surface area contributed by atoms with Crippen molar-refractivity contribution in [1.82, 2.24) is 15.0 Å². The van der Waals surface area contributed by atoms with Crippen LogP contribution in [0.3, 0.4) is 0 Å². The van der Waals surface area contributed by atoms with E-state index in [0.29, 0.717) is 117 Å². The molecule has 0 aliphatic heterocycles. The molecule has 1 aromatic carbocycles. The van der Waals surface area contributed by atoms with Crippen LogP contribution in [0.25, 0.3) is 0 Å². The lowest BCUT2D eigenvalue weighted by Gasteiger charge is -2.08. The maximum Gasteiger partial charge on any atom is 0.313 e. The lowest BCUT2D eigenvalue weighted by Crippen LogP contribution is -2.15. The average molecular weight is 648 g/mol. The van der Waals surface area contributed by atoms with Gasteiger partial charge in [-0.25, -0.2) is 13.5 Å². The van der Waals surface area contributed by atoms with Crippen LogP contribution in [0.4, 0.5) is 8.78 Å². The molecular formula is C29H43F2N3O11. The van der Waals surface area contributed by atoms with Crippen molar-refractivity contribution in [2.24, 2.45) is 0 Å². The van der Waals surface area contributed by atoms with E-state index in [9.17, 15) is 18.4 Å². The van der Waals surface area contributed by atoms with Crippen molar-refractivity contribution in [2.45, 2.75) is 26.0 Å². The van der Waals surface area contributed by atoms with Crippen molar-refractivity contribution >= 4 is 12.3 Å². The number of carbonyl (C=O) groups is 2. The summed E-state index contributed by atoms with van der Waals surface area (Å²) in [6.07, 6.45) is 2.94. The van der Waals surface area contributed by atoms with Crippen molar-refractivity contribution in [1.29, 1.82) is 0 Å². The van der Waals surface area contributed by atoms with Gasteiger partial charge in [0.25, 0.3) is 0 Å². The minimum atomic E-state index is -0.944. The molecule has 16 heteroatoms. The van der Waals surface area contributed by atoms with Crippen molar-refractivity contribution in [2.75, 3.05) is 99.1 Å². The molecule has 0 saturated carbocycles. The van der Waals surface area contributed by atoms with Gasteiger partial charge < -0.3 is 47.4 Å². The van der Waals surface area contributed by atoms with Crippen molar-refractivity contribution in [3.8, 4) is 5.75 Å². The molecule has 0 amide bonds. The molecule has 254 valence electrons. The summed E-state index contributed by atoms with van der Waals surface area (Å²) in [7, 11) is 0. The van der Waals surface area contributed by atoms with Crippen LogP contribution in [0.5, 0.6) is 5.75 Å². The van der Waals surface area contributed by atoms with Crippen LogP contribution in [0.2, 0.25) is 0 Å². The Labute approximate surface area is 261 Å². The molecule has 0 atom stereocenters. The maximum absolute atomic E-state index is 13.5. The zero-order valence-electron chi connectivity index (χ0n) is 25.4. The number of halogens is 2. The van der Waals surface area contributed by atoms with E-state index in [4.69, 9.17) is 42.6 Å². The van der Waals surface area contributed by atoms with Crippen molar-refractivity contribution in [3.63, 3.8) is 0 Å². The van der Waals surface area contributed by atoms with Gasteiger partial charge in [0.2, 0.25) is 0 Å². The molecule has 0 aliphatic carbocycles. The largest absolute Gasteiger partial charge is 0.423 e. The molecular weight excluding hydrogens is 604 g/mol. The Hall–Kier alpha value is -2.96. The van der Waals surface area contributed by atoms with Crippen LogP contribution >= 0.6 is 0 Å². The molecule has 0 saturated heterocycles. The minimum absolute atomic E-state index is 0.0789. The summed E-state index contributed by atoms with van der Waals surface area (Å²) in [5, 5.41) is 8.12. The predicted molar refractivity (Wildman–Crippen MR) is 153 cm³/mol. The van der Waals surface area contributed by atoms with Gasteiger partial charge in [0.1, 0.15) is 17.8 Å². The molecule has 1 heterocycles. The molecule has 0 spiro atoms. The number of ether oxygens (including phenoxy) is 9. The van der Waals surface area contributed by atoms with E-state index in [1.807, 2.05) is 0 Å². The number of carbonyl (C=O) groups excluding carboxylic acids is 2. The number of nitrogens with zero attached hydrogens (tertiary/aromatic N) is 3. The van der Waals surface area contributed by atoms with E-state index < -0.39 is 17.6 Å². The van der Waals surface area contributed by atoms with Gasteiger partial charge in [0.05, 0.1) is 125 Å². The Morgan fingerprint density at radius 2 is 1.24 bits per heavy atom. The van der Waals surface area contributed by atoms with Crippen molar-refractivity contribution < 1.29 is 61.0 Å². The van der Waals surface area contributed by atoms with Gasteiger partial charge in [-0.1, -0.05) is 5.21 Å². The zero-order chi connectivity index (χ0) is 32.2. The molecule has 0 radical (unpaired) electrons. The fraction of sp³-hybridized carbons (Fsp3) is 0.655. The van der Waals surface area contributed by atoms with E-state index in [0.717, 1.165) is 18.4 Å². The van der Waals surface area contributed by atoms with Crippen LogP contribution in [-0.4, -0.2) is 126 Å². The van der Waals surface area contributed by atoms with Crippen LogP contribution in [0.1, 0.15) is 18.5 Å². The smallest absolute Gasteiger partial charge is 0.313 e. The summed E-state index contributed by atoms with van der Waals surface area (Å²) in [4.78, 5) is 21.8. The second-order valence-electron chi connectivity index (χ2n) is 9.07. The molecule has 45 heavy (non-hydrogen) atoms. The topological polar surface area (TPSA) is 148 Å². The number of aldehydes is 1.